The van der Waals surface area contributed by atoms with Crippen molar-refractivity contribution in [2.24, 2.45) is 0 Å². The fraction of sp³-hybridized carbons (Fsp3) is 0.571. The number of carbonyl (C=O) groups is 1. The number of carbonyl (C=O) groups excluding carboxylic acids is 1. The third-order valence-electron chi connectivity index (χ3n) is 5.10. The zero-order valence-corrected chi connectivity index (χ0v) is 18.3. The van der Waals surface area contributed by atoms with Crippen LogP contribution in [0.3, 0.4) is 0 Å². The Kier molecular flexibility index (Phi) is 7.57. The van der Waals surface area contributed by atoms with E-state index in [1.165, 1.54) is 5.56 Å². The van der Waals surface area contributed by atoms with Crippen LogP contribution >= 0.6 is 12.2 Å². The molecule has 1 fully saturated rings. The van der Waals surface area contributed by atoms with Crippen molar-refractivity contribution in [2.75, 3.05) is 13.1 Å². The second-order valence-corrected chi connectivity index (χ2v) is 8.16. The van der Waals surface area contributed by atoms with E-state index < -0.39 is 0 Å². The van der Waals surface area contributed by atoms with E-state index in [2.05, 4.69) is 59.4 Å². The summed E-state index contributed by atoms with van der Waals surface area (Å²) in [7, 11) is 0. The monoisotopic (exact) mass is 417 g/mol. The molecule has 0 saturated carbocycles. The molecule has 0 aliphatic carbocycles. The largest absolute Gasteiger partial charge is 0.373 e. The smallest absolute Gasteiger partial charge is 0.240 e. The van der Waals surface area contributed by atoms with Gasteiger partial charge in [0.2, 0.25) is 5.91 Å². The Balaban J connectivity index is 1.60. The van der Waals surface area contributed by atoms with Crippen molar-refractivity contribution in [1.82, 2.24) is 25.0 Å². The maximum atomic E-state index is 12.5. The lowest BCUT2D eigenvalue weighted by Gasteiger charge is -2.35. The summed E-state index contributed by atoms with van der Waals surface area (Å²) in [5, 5.41) is 10.0. The van der Waals surface area contributed by atoms with Crippen LogP contribution < -0.4 is 5.32 Å². The lowest BCUT2D eigenvalue weighted by molar-refractivity contribution is -0.121. The summed E-state index contributed by atoms with van der Waals surface area (Å²) in [6.45, 7) is 9.69. The molecule has 158 valence electrons. The Morgan fingerprint density at radius 2 is 1.97 bits per heavy atom. The first kappa shape index (κ1) is 21.7. The highest BCUT2D eigenvalue weighted by molar-refractivity contribution is 7.71. The highest BCUT2D eigenvalue weighted by Crippen LogP contribution is 2.17. The molecule has 2 unspecified atom stereocenters. The van der Waals surface area contributed by atoms with Crippen molar-refractivity contribution < 1.29 is 9.53 Å². The van der Waals surface area contributed by atoms with Gasteiger partial charge in [0.1, 0.15) is 12.4 Å². The van der Waals surface area contributed by atoms with Crippen molar-refractivity contribution in [3.8, 4) is 0 Å². The van der Waals surface area contributed by atoms with Crippen molar-refractivity contribution in [3.63, 3.8) is 0 Å². The van der Waals surface area contributed by atoms with Crippen LogP contribution in [0.2, 0.25) is 0 Å². The number of aryl methyl sites for hydroxylation is 1. The van der Waals surface area contributed by atoms with Gasteiger partial charge in [-0.05, 0) is 43.6 Å². The number of benzene rings is 1. The van der Waals surface area contributed by atoms with Crippen LogP contribution in [0.4, 0.5) is 0 Å². The highest BCUT2D eigenvalue weighted by atomic mass is 32.1. The molecule has 8 heteroatoms. The molecule has 0 bridgehead atoms. The van der Waals surface area contributed by atoms with Crippen LogP contribution in [0.5, 0.6) is 0 Å². The van der Waals surface area contributed by atoms with Gasteiger partial charge in [0, 0.05) is 32.6 Å². The van der Waals surface area contributed by atoms with Crippen molar-refractivity contribution in [1.29, 1.82) is 0 Å². The number of aromatic amines is 1. The molecule has 2 heterocycles. The minimum atomic E-state index is -0.0664. The normalized spacial score (nSPS) is 20.0. The summed E-state index contributed by atoms with van der Waals surface area (Å²) in [5.74, 6) is 0.756. The third kappa shape index (κ3) is 5.98. The van der Waals surface area contributed by atoms with E-state index in [0.717, 1.165) is 43.9 Å². The minimum Gasteiger partial charge on any atom is -0.373 e. The number of hydrogen-bond acceptors (Lipinski definition) is 5. The number of nitrogens with one attached hydrogen (secondary N) is 2. The number of rotatable bonds is 8. The molecule has 1 aliphatic heterocycles. The number of H-pyrrole nitrogens is 1. The van der Waals surface area contributed by atoms with E-state index in [1.54, 1.807) is 4.57 Å². The predicted octanol–water partition coefficient (Wildman–Crippen LogP) is 2.82. The molecule has 2 aromatic rings. The molecule has 1 aromatic carbocycles. The molecule has 2 N–H and O–H groups in total. The van der Waals surface area contributed by atoms with Gasteiger partial charge in [0.05, 0.1) is 12.2 Å². The fourth-order valence-electron chi connectivity index (χ4n) is 3.86. The maximum Gasteiger partial charge on any atom is 0.240 e. The third-order valence-corrected chi connectivity index (χ3v) is 5.41. The van der Waals surface area contributed by atoms with Gasteiger partial charge in [-0.15, -0.1) is 0 Å². The van der Waals surface area contributed by atoms with E-state index >= 15 is 0 Å². The van der Waals surface area contributed by atoms with E-state index in [0.29, 0.717) is 11.3 Å². The van der Waals surface area contributed by atoms with Crippen LogP contribution in [0, 0.1) is 4.77 Å². The van der Waals surface area contributed by atoms with Crippen LogP contribution in [0.1, 0.15) is 44.1 Å². The molecule has 0 spiro atoms. The van der Waals surface area contributed by atoms with Crippen LogP contribution in [-0.4, -0.2) is 50.9 Å². The van der Waals surface area contributed by atoms with Gasteiger partial charge in [0.15, 0.2) is 4.77 Å². The predicted molar refractivity (Wildman–Crippen MR) is 115 cm³/mol. The Bertz CT molecular complexity index is 868. The van der Waals surface area contributed by atoms with Crippen molar-refractivity contribution >= 4 is 18.1 Å². The summed E-state index contributed by atoms with van der Waals surface area (Å²) in [6, 6.07) is 8.28. The molecule has 1 aromatic heterocycles. The Hall–Kier alpha value is -2.03. The average Bonchev–Trinajstić information content (AvgIpc) is 3.00. The molecule has 29 heavy (non-hydrogen) atoms. The minimum absolute atomic E-state index is 0.0664. The molecular formula is C21H31N5O2S. The number of ether oxygens (including phenoxy) is 1. The van der Waals surface area contributed by atoms with E-state index in [1.807, 2.05) is 6.07 Å². The first-order chi connectivity index (χ1) is 14.0. The summed E-state index contributed by atoms with van der Waals surface area (Å²) in [5.41, 5.74) is 2.37. The molecule has 2 atom stereocenters. The Labute approximate surface area is 177 Å². The summed E-state index contributed by atoms with van der Waals surface area (Å²) in [6.07, 6.45) is 2.22. The Morgan fingerprint density at radius 3 is 2.66 bits per heavy atom. The number of aromatic nitrogens is 3. The highest BCUT2D eigenvalue weighted by Gasteiger charge is 2.22. The Morgan fingerprint density at radius 1 is 1.28 bits per heavy atom. The van der Waals surface area contributed by atoms with Gasteiger partial charge in [-0.1, -0.05) is 31.2 Å². The van der Waals surface area contributed by atoms with Gasteiger partial charge in [-0.25, -0.2) is 0 Å². The topological polar surface area (TPSA) is 75.2 Å². The molecule has 3 rings (SSSR count). The van der Waals surface area contributed by atoms with E-state index in [9.17, 15) is 4.79 Å². The molecule has 1 amide bonds. The molecule has 1 saturated heterocycles. The first-order valence-electron chi connectivity index (χ1n) is 10.3. The number of hydrogen-bond donors (Lipinski definition) is 2. The zero-order valence-electron chi connectivity index (χ0n) is 17.5. The van der Waals surface area contributed by atoms with Crippen molar-refractivity contribution in [3.05, 3.63) is 46.0 Å². The average molecular weight is 418 g/mol. The number of morpholine rings is 1. The van der Waals surface area contributed by atoms with Gasteiger partial charge < -0.3 is 10.1 Å². The fourth-order valence-corrected chi connectivity index (χ4v) is 4.08. The quantitative estimate of drug-likeness (QED) is 0.646. The van der Waals surface area contributed by atoms with Crippen LogP contribution in [-0.2, 0) is 35.6 Å². The van der Waals surface area contributed by atoms with Crippen LogP contribution in [0.15, 0.2) is 24.3 Å². The summed E-state index contributed by atoms with van der Waals surface area (Å²) < 4.78 is 8.09. The lowest BCUT2D eigenvalue weighted by Crippen LogP contribution is -2.45. The van der Waals surface area contributed by atoms with Crippen molar-refractivity contribution in [2.45, 2.75) is 65.5 Å². The van der Waals surface area contributed by atoms with E-state index in [-0.39, 0.29) is 24.7 Å². The van der Waals surface area contributed by atoms with Crippen LogP contribution in [0.25, 0.3) is 0 Å². The lowest BCUT2D eigenvalue weighted by atomic mass is 10.1. The second kappa shape index (κ2) is 10.1. The first-order valence-corrected chi connectivity index (χ1v) is 10.7. The van der Waals surface area contributed by atoms with Gasteiger partial charge >= 0.3 is 0 Å². The maximum absolute atomic E-state index is 12.5. The second-order valence-electron chi connectivity index (χ2n) is 7.78. The molecule has 1 aliphatic rings. The standard InChI is InChI=1S/C21H31N5O2S/c1-4-7-19-23-24-21(29)26(19)14-20(27)22-10-17-8-5-6-9-18(17)13-25-11-15(2)28-16(3)12-25/h5-6,8-9,15-16H,4,7,10-14H2,1-3H3,(H,22,27)(H,24,29). The van der Waals surface area contributed by atoms with Gasteiger partial charge in [-0.2, -0.15) is 5.10 Å². The van der Waals surface area contributed by atoms with Gasteiger partial charge in [0.25, 0.3) is 0 Å². The number of amides is 1. The van der Waals surface area contributed by atoms with E-state index in [4.69, 9.17) is 17.0 Å². The summed E-state index contributed by atoms with van der Waals surface area (Å²) in [4.78, 5) is 15.0. The SMILES string of the molecule is CCCc1n[nH]c(=S)n1CC(=O)NCc1ccccc1CN1CC(C)OC(C)C1. The summed E-state index contributed by atoms with van der Waals surface area (Å²) >= 11 is 5.26. The molecule has 0 radical (unpaired) electrons. The van der Waals surface area contributed by atoms with Gasteiger partial charge in [-0.3, -0.25) is 19.4 Å². The zero-order chi connectivity index (χ0) is 20.8. The molecule has 7 nitrogen and oxygen atoms in total. The number of nitrogens with zero attached hydrogens (tertiary/aromatic N) is 3. The molecular weight excluding hydrogens is 386 g/mol.